The first-order chi connectivity index (χ1) is 18.1. The van der Waals surface area contributed by atoms with Gasteiger partial charge in [0.05, 0.1) is 16.6 Å². The minimum atomic E-state index is -0.511. The Morgan fingerprint density at radius 3 is 2.50 bits per heavy atom. The minimum absolute atomic E-state index is 0.239. The van der Waals surface area contributed by atoms with Crippen LogP contribution in [-0.2, 0) is 0 Å². The van der Waals surface area contributed by atoms with Crippen molar-refractivity contribution in [1.82, 2.24) is 20.3 Å². The van der Waals surface area contributed by atoms with Crippen LogP contribution in [0, 0.1) is 0 Å². The van der Waals surface area contributed by atoms with E-state index in [4.69, 9.17) is 38.4 Å². The molecule has 3 heterocycles. The first kappa shape index (κ1) is 25.8. The van der Waals surface area contributed by atoms with Crippen molar-refractivity contribution >= 4 is 57.7 Å². The maximum absolute atomic E-state index is 12.8. The quantitative estimate of drug-likeness (QED) is 0.246. The lowest BCUT2D eigenvalue weighted by molar-refractivity contribution is 0.0581. The van der Waals surface area contributed by atoms with E-state index in [0.717, 1.165) is 0 Å². The molecule has 38 heavy (non-hydrogen) atoms. The number of nitrogens with zero attached hydrogens (tertiary/aromatic N) is 3. The van der Waals surface area contributed by atoms with Crippen LogP contribution >= 0.6 is 23.2 Å². The van der Waals surface area contributed by atoms with Gasteiger partial charge in [-0.3, -0.25) is 5.32 Å². The zero-order valence-electron chi connectivity index (χ0n) is 20.8. The third-order valence-electron chi connectivity index (χ3n) is 5.43. The summed E-state index contributed by atoms with van der Waals surface area (Å²) in [6.07, 6.45) is 1.12. The van der Waals surface area contributed by atoms with E-state index in [1.807, 2.05) is 26.8 Å². The number of rotatable bonds is 5. The normalized spacial score (nSPS) is 14.4. The van der Waals surface area contributed by atoms with Crippen LogP contribution in [-0.4, -0.2) is 39.4 Å². The molecule has 10 nitrogen and oxygen atoms in total. The molecule has 1 aliphatic rings. The summed E-state index contributed by atoms with van der Waals surface area (Å²) in [7, 11) is 0. The Hall–Kier alpha value is -3.86. The highest BCUT2D eigenvalue weighted by Crippen LogP contribution is 2.40. The topological polar surface area (TPSA) is 136 Å². The van der Waals surface area contributed by atoms with Gasteiger partial charge in [-0.15, -0.1) is 0 Å². The average molecular weight is 554 g/mol. The molecule has 0 aliphatic carbocycles. The minimum Gasteiger partial charge on any atom is -0.450 e. The molecule has 0 radical (unpaired) electrons. The molecule has 5 rings (SSSR count). The molecule has 0 bridgehead atoms. The summed E-state index contributed by atoms with van der Waals surface area (Å²) in [6.45, 7) is 5.87. The number of urea groups is 1. The number of nitrogens with one attached hydrogen (secondary N) is 3. The van der Waals surface area contributed by atoms with Crippen LogP contribution < -0.4 is 31.2 Å². The van der Waals surface area contributed by atoms with Gasteiger partial charge in [0.2, 0.25) is 5.95 Å². The summed E-state index contributed by atoms with van der Waals surface area (Å²) in [6, 6.07) is 11.9. The number of anilines is 3. The third-order valence-corrected chi connectivity index (χ3v) is 6.06. The van der Waals surface area contributed by atoms with E-state index >= 15 is 0 Å². The van der Waals surface area contributed by atoms with E-state index in [1.165, 1.54) is 0 Å². The SMILES string of the molecule is CC(C)(C)NC(=O)Nc1nc2nc(Nc3ccc4c(c3)OC(CN)O4)ncc2cc1-c1c(Cl)cccc1Cl. The number of aromatic nitrogens is 3. The predicted molar refractivity (Wildman–Crippen MR) is 149 cm³/mol. The van der Waals surface area contributed by atoms with E-state index in [-0.39, 0.29) is 12.4 Å². The Bertz CT molecular complexity index is 1520. The molecule has 196 valence electrons. The van der Waals surface area contributed by atoms with Crippen LogP contribution in [0.5, 0.6) is 11.5 Å². The monoisotopic (exact) mass is 553 g/mol. The highest BCUT2D eigenvalue weighted by atomic mass is 35.5. The lowest BCUT2D eigenvalue weighted by Gasteiger charge is -2.21. The van der Waals surface area contributed by atoms with Gasteiger partial charge in [0.25, 0.3) is 6.29 Å². The van der Waals surface area contributed by atoms with Gasteiger partial charge in [-0.05, 0) is 51.1 Å². The number of carbonyl (C=O) groups is 1. The molecule has 1 unspecified atom stereocenters. The number of benzene rings is 2. The molecule has 2 amide bonds. The van der Waals surface area contributed by atoms with Gasteiger partial charge in [-0.25, -0.2) is 14.8 Å². The molecule has 0 fully saturated rings. The number of nitrogens with two attached hydrogens (primary N) is 1. The molecule has 5 N–H and O–H groups in total. The summed E-state index contributed by atoms with van der Waals surface area (Å²) in [4.78, 5) is 26.4. The summed E-state index contributed by atoms with van der Waals surface area (Å²) in [5, 5.41) is 10.3. The third kappa shape index (κ3) is 5.52. The summed E-state index contributed by atoms with van der Waals surface area (Å²) >= 11 is 13.0. The fourth-order valence-corrected chi connectivity index (χ4v) is 4.45. The molecular weight excluding hydrogens is 529 g/mol. The lowest BCUT2D eigenvalue weighted by Crippen LogP contribution is -2.43. The highest BCUT2D eigenvalue weighted by molar-refractivity contribution is 6.39. The van der Waals surface area contributed by atoms with Gasteiger partial charge in [0, 0.05) is 40.0 Å². The number of amides is 2. The van der Waals surface area contributed by atoms with Crippen LogP contribution in [0.2, 0.25) is 10.0 Å². The molecule has 12 heteroatoms. The molecule has 0 saturated heterocycles. The maximum atomic E-state index is 12.8. The Balaban J connectivity index is 1.52. The van der Waals surface area contributed by atoms with Crippen LogP contribution in [0.1, 0.15) is 20.8 Å². The van der Waals surface area contributed by atoms with Crippen molar-refractivity contribution in [2.75, 3.05) is 17.2 Å². The van der Waals surface area contributed by atoms with E-state index in [2.05, 4.69) is 30.9 Å². The van der Waals surface area contributed by atoms with Crippen molar-refractivity contribution in [2.24, 2.45) is 5.73 Å². The van der Waals surface area contributed by atoms with E-state index in [9.17, 15) is 4.79 Å². The van der Waals surface area contributed by atoms with Crippen molar-refractivity contribution in [3.05, 3.63) is 58.7 Å². The van der Waals surface area contributed by atoms with Gasteiger partial charge in [0.15, 0.2) is 17.1 Å². The number of carbonyl (C=O) groups excluding carboxylic acids is 1. The van der Waals surface area contributed by atoms with E-state index < -0.39 is 17.9 Å². The van der Waals surface area contributed by atoms with Crippen LogP contribution in [0.4, 0.5) is 22.2 Å². The molecule has 1 atom stereocenters. The first-order valence-corrected chi connectivity index (χ1v) is 12.5. The second-order valence-corrected chi connectivity index (χ2v) is 10.4. The van der Waals surface area contributed by atoms with Crippen LogP contribution in [0.15, 0.2) is 48.7 Å². The number of hydrogen-bond donors (Lipinski definition) is 4. The number of fused-ring (bicyclic) bond motifs is 2. The lowest BCUT2D eigenvalue weighted by atomic mass is 10.0. The van der Waals surface area contributed by atoms with Crippen molar-refractivity contribution in [1.29, 1.82) is 0 Å². The fourth-order valence-electron chi connectivity index (χ4n) is 3.85. The second kappa shape index (κ2) is 10.1. The van der Waals surface area contributed by atoms with Crippen LogP contribution in [0.3, 0.4) is 0 Å². The number of pyridine rings is 1. The zero-order chi connectivity index (χ0) is 27.0. The average Bonchev–Trinajstić information content (AvgIpc) is 3.25. The standard InChI is InChI=1S/C26H25Cl2N7O3/c1-26(2,3)35-25(36)34-23-15(21-16(27)5-4-6-17(21)28)9-13-12-30-24(33-22(13)32-23)31-14-7-8-18-19(10-14)38-20(11-29)37-18/h4-10,12,20H,11,29H2,1-3H3,(H3,30,31,32,33,34,35,36). The number of hydrogen-bond acceptors (Lipinski definition) is 8. The number of halogens is 2. The van der Waals surface area contributed by atoms with E-state index in [1.54, 1.807) is 42.6 Å². The fraction of sp³-hybridized carbons (Fsp3) is 0.231. The predicted octanol–water partition coefficient (Wildman–Crippen LogP) is 5.72. The number of ether oxygens (including phenoxy) is 2. The highest BCUT2D eigenvalue weighted by Gasteiger charge is 2.23. The van der Waals surface area contributed by atoms with Gasteiger partial charge >= 0.3 is 6.03 Å². The summed E-state index contributed by atoms with van der Waals surface area (Å²) in [5.74, 6) is 1.73. The molecule has 2 aromatic carbocycles. The van der Waals surface area contributed by atoms with Gasteiger partial charge in [0.1, 0.15) is 5.82 Å². The largest absolute Gasteiger partial charge is 0.450 e. The smallest absolute Gasteiger partial charge is 0.320 e. The summed E-state index contributed by atoms with van der Waals surface area (Å²) in [5.41, 5.74) is 7.27. The second-order valence-electron chi connectivity index (χ2n) is 9.60. The van der Waals surface area contributed by atoms with Crippen molar-refractivity contribution < 1.29 is 14.3 Å². The Labute approximate surface area is 228 Å². The van der Waals surface area contributed by atoms with Crippen molar-refractivity contribution in [3.63, 3.8) is 0 Å². The molecular formula is C26H25Cl2N7O3. The molecule has 0 saturated carbocycles. The molecule has 2 aromatic heterocycles. The molecule has 4 aromatic rings. The van der Waals surface area contributed by atoms with Gasteiger partial charge < -0.3 is 25.8 Å². The van der Waals surface area contributed by atoms with Crippen molar-refractivity contribution in [3.8, 4) is 22.6 Å². The van der Waals surface area contributed by atoms with Gasteiger partial charge in [-0.1, -0.05) is 29.3 Å². The first-order valence-electron chi connectivity index (χ1n) is 11.8. The van der Waals surface area contributed by atoms with Crippen molar-refractivity contribution in [2.45, 2.75) is 32.6 Å². The molecule has 1 aliphatic heterocycles. The Morgan fingerprint density at radius 1 is 1.05 bits per heavy atom. The Kier molecular flexibility index (Phi) is 6.87. The Morgan fingerprint density at radius 2 is 1.79 bits per heavy atom. The van der Waals surface area contributed by atoms with Crippen LogP contribution in [0.25, 0.3) is 22.2 Å². The molecule has 0 spiro atoms. The van der Waals surface area contributed by atoms with E-state index in [0.29, 0.717) is 55.3 Å². The summed E-state index contributed by atoms with van der Waals surface area (Å²) < 4.78 is 11.2. The van der Waals surface area contributed by atoms with Gasteiger partial charge in [-0.2, -0.15) is 4.98 Å². The zero-order valence-corrected chi connectivity index (χ0v) is 22.3. The maximum Gasteiger partial charge on any atom is 0.320 e.